The van der Waals surface area contributed by atoms with Crippen LogP contribution < -0.4 is 9.47 Å². The first-order chi connectivity index (χ1) is 20.4. The van der Waals surface area contributed by atoms with Gasteiger partial charge in [-0.15, -0.1) is 69.1 Å². The van der Waals surface area contributed by atoms with Gasteiger partial charge in [0.25, 0.3) is 0 Å². The van der Waals surface area contributed by atoms with Crippen LogP contribution in [0.25, 0.3) is 43.8 Å². The Morgan fingerprint density at radius 1 is 0.595 bits per heavy atom. The van der Waals surface area contributed by atoms with Gasteiger partial charge in [-0.2, -0.15) is 12.1 Å². The predicted octanol–water partition coefficient (Wildman–Crippen LogP) is 11.2. The number of ether oxygens (including phenoxy) is 2. The summed E-state index contributed by atoms with van der Waals surface area (Å²) in [5, 5.41) is 5.21. The normalized spacial score (nSPS) is 9.90. The van der Waals surface area contributed by atoms with E-state index in [4.69, 9.17) is 26.5 Å². The number of fused-ring (bicyclic) bond motifs is 2. The number of methoxy groups -OCH3 is 2. The molecule has 2 radical (unpaired) electrons. The van der Waals surface area contributed by atoms with Crippen LogP contribution in [-0.4, -0.2) is 23.7 Å². The molecule has 2 nitrogen and oxygen atoms in total. The molecule has 0 fully saturated rings. The van der Waals surface area contributed by atoms with E-state index in [0.29, 0.717) is 0 Å². The van der Waals surface area contributed by atoms with E-state index >= 15 is 0 Å². The Labute approximate surface area is 271 Å². The van der Waals surface area contributed by atoms with E-state index in [2.05, 4.69) is 112 Å². The van der Waals surface area contributed by atoms with Gasteiger partial charge >= 0.3 is 37.9 Å². The van der Waals surface area contributed by atoms with Crippen LogP contribution in [-0.2, 0) is 20.8 Å². The van der Waals surface area contributed by atoms with Gasteiger partial charge in [-0.25, -0.2) is 0 Å². The van der Waals surface area contributed by atoms with Crippen molar-refractivity contribution in [1.29, 1.82) is 0 Å². The zero-order valence-electron chi connectivity index (χ0n) is 25.0. The van der Waals surface area contributed by atoms with Crippen molar-refractivity contribution in [3.05, 3.63) is 120 Å². The van der Waals surface area contributed by atoms with Gasteiger partial charge in [-0.1, -0.05) is 74.5 Å². The SMILES string of the molecule is COc1cccc(-c2cccc3[cH-]c(C)cc23)c1.COc1cccc(-c2cccc3[cH-]c(C)cc23)c1.C[Si]C.[Cl][Zr+2][Cl]. The summed E-state index contributed by atoms with van der Waals surface area (Å²) in [6.07, 6.45) is 0. The minimum atomic E-state index is -0.826. The Bertz CT molecular complexity index is 1560. The van der Waals surface area contributed by atoms with Gasteiger partial charge in [0.2, 0.25) is 0 Å². The molecule has 0 unspecified atom stereocenters. The Hall–Kier alpha value is -2.62. The van der Waals surface area contributed by atoms with Crippen LogP contribution in [0.5, 0.6) is 11.5 Å². The molecule has 0 aromatic heterocycles. The van der Waals surface area contributed by atoms with Gasteiger partial charge in [0, 0.05) is 9.52 Å². The van der Waals surface area contributed by atoms with Crippen LogP contribution in [0.3, 0.4) is 0 Å². The van der Waals surface area contributed by atoms with Crippen LogP contribution in [0.4, 0.5) is 0 Å². The number of rotatable bonds is 4. The molecular weight excluding hydrogens is 655 g/mol. The molecule has 214 valence electrons. The van der Waals surface area contributed by atoms with Gasteiger partial charge in [0.05, 0.1) is 14.2 Å². The molecule has 6 aromatic rings. The van der Waals surface area contributed by atoms with Crippen molar-refractivity contribution in [1.82, 2.24) is 0 Å². The Balaban J connectivity index is 0.000000195. The Morgan fingerprint density at radius 3 is 1.31 bits per heavy atom. The molecule has 0 aliphatic heterocycles. The quantitative estimate of drug-likeness (QED) is 0.135. The zero-order valence-corrected chi connectivity index (χ0v) is 29.9. The van der Waals surface area contributed by atoms with E-state index < -0.39 is 20.8 Å². The molecule has 0 N–H and O–H groups in total. The van der Waals surface area contributed by atoms with Crippen molar-refractivity contribution in [2.24, 2.45) is 0 Å². The number of hydrogen-bond acceptors (Lipinski definition) is 2. The third-order valence-electron chi connectivity index (χ3n) is 6.55. The monoisotopic (exact) mass is 688 g/mol. The summed E-state index contributed by atoms with van der Waals surface area (Å²) in [5.41, 5.74) is 7.54. The molecular formula is C36H36Cl2O2SiZr. The number of halogens is 2. The van der Waals surface area contributed by atoms with Crippen molar-refractivity contribution in [3.63, 3.8) is 0 Å². The molecule has 0 spiro atoms. The number of aryl methyl sites for hydroxylation is 2. The van der Waals surface area contributed by atoms with Crippen molar-refractivity contribution >= 4 is 48.1 Å². The second-order valence-electron chi connectivity index (χ2n) is 9.72. The fraction of sp³-hybridized carbons (Fsp3) is 0.167. The second kappa shape index (κ2) is 17.5. The Morgan fingerprint density at radius 2 is 0.952 bits per heavy atom. The summed E-state index contributed by atoms with van der Waals surface area (Å²) < 4.78 is 10.6. The summed E-state index contributed by atoms with van der Waals surface area (Å²) >= 11 is -0.826. The molecule has 0 aliphatic carbocycles. The van der Waals surface area contributed by atoms with Gasteiger partial charge < -0.3 is 9.47 Å². The van der Waals surface area contributed by atoms with Crippen molar-refractivity contribution in [3.8, 4) is 33.8 Å². The summed E-state index contributed by atoms with van der Waals surface area (Å²) in [6.45, 7) is 8.57. The van der Waals surface area contributed by atoms with E-state index in [1.165, 1.54) is 54.9 Å². The molecule has 0 saturated carbocycles. The predicted molar refractivity (Wildman–Crippen MR) is 182 cm³/mol. The molecule has 0 amide bonds. The van der Waals surface area contributed by atoms with E-state index in [1.807, 2.05) is 24.3 Å². The maximum absolute atomic E-state index is 5.29. The first kappa shape index (κ1) is 33.9. The average Bonchev–Trinajstić information content (AvgIpc) is 3.59. The van der Waals surface area contributed by atoms with Gasteiger partial charge in [0.15, 0.2) is 0 Å². The summed E-state index contributed by atoms with van der Waals surface area (Å²) in [4.78, 5) is 0. The van der Waals surface area contributed by atoms with Crippen molar-refractivity contribution in [2.75, 3.05) is 14.2 Å². The van der Waals surface area contributed by atoms with Gasteiger partial charge in [-0.3, -0.25) is 0 Å². The van der Waals surface area contributed by atoms with Gasteiger partial charge in [-0.05, 0) is 35.4 Å². The van der Waals surface area contributed by atoms with Gasteiger partial charge in [0.1, 0.15) is 11.5 Å². The first-order valence-electron chi connectivity index (χ1n) is 13.5. The second-order valence-corrected chi connectivity index (χ2v) is 14.4. The van der Waals surface area contributed by atoms with Crippen molar-refractivity contribution < 1.29 is 30.3 Å². The standard InChI is InChI=1S/2C17H15O.C2H6Si.2ClH.Zr/c2*1-12-9-13-6-4-8-16(17(13)10-12)14-5-3-7-15(11-14)18-2;1-3-2;;;/h2*3-11H,1-2H3;1-2H3;2*1H;/q2*-1;;;;+4/p-2. The molecule has 0 atom stereocenters. The third kappa shape index (κ3) is 9.19. The molecule has 6 aromatic carbocycles. The fourth-order valence-corrected chi connectivity index (χ4v) is 4.85. The third-order valence-corrected chi connectivity index (χ3v) is 6.55. The van der Waals surface area contributed by atoms with Crippen molar-refractivity contribution in [2.45, 2.75) is 26.9 Å². The van der Waals surface area contributed by atoms with Crippen LogP contribution in [0, 0.1) is 13.8 Å². The van der Waals surface area contributed by atoms with Crippen LogP contribution >= 0.6 is 17.0 Å². The van der Waals surface area contributed by atoms with E-state index in [0.717, 1.165) is 21.0 Å². The van der Waals surface area contributed by atoms with E-state index in [1.54, 1.807) is 14.2 Å². The number of benzene rings is 4. The molecule has 6 heteroatoms. The molecule has 42 heavy (non-hydrogen) atoms. The molecule has 0 aliphatic rings. The summed E-state index contributed by atoms with van der Waals surface area (Å²) in [7, 11) is 14.4. The minimum absolute atomic E-state index is 0.826. The fourth-order valence-electron chi connectivity index (χ4n) is 4.85. The molecule has 0 heterocycles. The number of hydrogen-bond donors (Lipinski definition) is 0. The van der Waals surface area contributed by atoms with E-state index in [-0.39, 0.29) is 0 Å². The topological polar surface area (TPSA) is 18.5 Å². The van der Waals surface area contributed by atoms with Crippen LogP contribution in [0.1, 0.15) is 11.1 Å². The molecule has 0 bridgehead atoms. The molecule has 6 rings (SSSR count). The average molecular weight is 691 g/mol. The summed E-state index contributed by atoms with van der Waals surface area (Å²) in [6, 6.07) is 38.2. The van der Waals surface area contributed by atoms with Crippen LogP contribution in [0.2, 0.25) is 13.1 Å². The Kier molecular flexibility index (Phi) is 14.1. The first-order valence-corrected chi connectivity index (χ1v) is 21.9. The summed E-state index contributed by atoms with van der Waals surface area (Å²) in [5.74, 6) is 1.79. The maximum atomic E-state index is 5.29. The zero-order chi connectivity index (χ0) is 30.5. The molecule has 0 saturated heterocycles. The van der Waals surface area contributed by atoms with E-state index in [9.17, 15) is 0 Å². The van der Waals surface area contributed by atoms with Crippen LogP contribution in [0.15, 0.2) is 109 Å².